The third kappa shape index (κ3) is 3.51. The van der Waals surface area contributed by atoms with Crippen LogP contribution < -0.4 is 5.32 Å². The highest BCUT2D eigenvalue weighted by Gasteiger charge is 2.42. The molecule has 0 spiro atoms. The fourth-order valence-electron chi connectivity index (χ4n) is 3.63. The van der Waals surface area contributed by atoms with Crippen molar-refractivity contribution >= 4 is 6.03 Å². The molecule has 3 rings (SSSR count). The Morgan fingerprint density at radius 3 is 2.67 bits per heavy atom. The Labute approximate surface area is 127 Å². The number of piperidine rings is 1. The van der Waals surface area contributed by atoms with Crippen LogP contribution >= 0.6 is 0 Å². The summed E-state index contributed by atoms with van der Waals surface area (Å²) in [5.41, 5.74) is 0. The summed E-state index contributed by atoms with van der Waals surface area (Å²) in [4.78, 5) is 14.2. The second kappa shape index (κ2) is 6.53. The Balaban J connectivity index is 1.44. The second-order valence-electron chi connectivity index (χ2n) is 6.82. The van der Waals surface area contributed by atoms with Gasteiger partial charge in [0.05, 0.1) is 13.2 Å². The molecular weight excluding hydrogens is 268 g/mol. The second-order valence-corrected chi connectivity index (χ2v) is 6.82. The first-order valence-electron chi connectivity index (χ1n) is 8.48. The fraction of sp³-hybridized carbons (Fsp3) is 0.938. The van der Waals surface area contributed by atoms with Gasteiger partial charge >= 0.3 is 6.03 Å². The minimum atomic E-state index is -0.495. The van der Waals surface area contributed by atoms with Crippen molar-refractivity contribution < 1.29 is 14.3 Å². The van der Waals surface area contributed by atoms with Crippen molar-refractivity contribution in [3.8, 4) is 0 Å². The van der Waals surface area contributed by atoms with E-state index in [2.05, 4.69) is 5.32 Å². The molecule has 2 amide bonds. The van der Waals surface area contributed by atoms with Crippen LogP contribution in [0.1, 0.15) is 45.4 Å². The van der Waals surface area contributed by atoms with Crippen LogP contribution in [0.4, 0.5) is 4.79 Å². The number of urea groups is 1. The zero-order valence-corrected chi connectivity index (χ0v) is 13.1. The van der Waals surface area contributed by atoms with E-state index in [4.69, 9.17) is 9.47 Å². The van der Waals surface area contributed by atoms with Gasteiger partial charge in [0.25, 0.3) is 0 Å². The minimum Gasteiger partial charge on any atom is -0.347 e. The van der Waals surface area contributed by atoms with Crippen LogP contribution in [0, 0.1) is 11.8 Å². The van der Waals surface area contributed by atoms with Gasteiger partial charge in [0.1, 0.15) is 0 Å². The van der Waals surface area contributed by atoms with Gasteiger partial charge in [0.2, 0.25) is 0 Å². The molecule has 1 N–H and O–H groups in total. The highest BCUT2D eigenvalue weighted by atomic mass is 16.7. The zero-order valence-electron chi connectivity index (χ0n) is 13.1. The highest BCUT2D eigenvalue weighted by molar-refractivity contribution is 5.74. The maximum Gasteiger partial charge on any atom is 0.317 e. The van der Waals surface area contributed by atoms with E-state index in [1.54, 1.807) is 0 Å². The molecule has 1 saturated carbocycles. The molecular formula is C16H28N2O3. The predicted molar refractivity (Wildman–Crippen MR) is 80.0 cm³/mol. The van der Waals surface area contributed by atoms with Crippen molar-refractivity contribution in [3.05, 3.63) is 0 Å². The van der Waals surface area contributed by atoms with Crippen molar-refractivity contribution in [1.29, 1.82) is 0 Å². The Hall–Kier alpha value is -0.810. The standard InChI is InChI=1S/C16H28N2O3/c1-16(20-10-11-21-16)14-6-3-9-18(12-14)15(19)17-8-7-13-4-2-5-13/h13-14H,2-12H2,1H3,(H,17,19)/t14-/m0/s1. The molecule has 0 aromatic rings. The van der Waals surface area contributed by atoms with E-state index >= 15 is 0 Å². The zero-order chi connectivity index (χ0) is 14.7. The van der Waals surface area contributed by atoms with Gasteiger partial charge in [-0.15, -0.1) is 0 Å². The Morgan fingerprint density at radius 1 is 1.24 bits per heavy atom. The lowest BCUT2D eigenvalue weighted by atomic mass is 9.83. The van der Waals surface area contributed by atoms with Gasteiger partial charge in [-0.25, -0.2) is 4.79 Å². The molecule has 0 unspecified atom stereocenters. The molecule has 2 heterocycles. The molecule has 120 valence electrons. The Morgan fingerprint density at radius 2 is 2.00 bits per heavy atom. The average Bonchev–Trinajstić information content (AvgIpc) is 2.90. The SMILES string of the molecule is CC1([C@H]2CCCN(C(=O)NCCC3CCC3)C2)OCCO1. The van der Waals surface area contributed by atoms with E-state index in [0.29, 0.717) is 13.2 Å². The van der Waals surface area contributed by atoms with E-state index in [-0.39, 0.29) is 11.9 Å². The number of likely N-dealkylation sites (tertiary alicyclic amines) is 1. The molecule has 0 aromatic carbocycles. The molecule has 21 heavy (non-hydrogen) atoms. The van der Waals surface area contributed by atoms with E-state index in [9.17, 15) is 4.79 Å². The summed E-state index contributed by atoms with van der Waals surface area (Å²) in [6, 6.07) is 0.0839. The van der Waals surface area contributed by atoms with E-state index in [0.717, 1.165) is 44.8 Å². The van der Waals surface area contributed by atoms with E-state index in [1.807, 2.05) is 11.8 Å². The quantitative estimate of drug-likeness (QED) is 0.866. The molecule has 0 aromatic heterocycles. The minimum absolute atomic E-state index is 0.0839. The first-order valence-corrected chi connectivity index (χ1v) is 8.48. The van der Waals surface area contributed by atoms with Crippen molar-refractivity contribution in [2.24, 2.45) is 11.8 Å². The van der Waals surface area contributed by atoms with Gasteiger partial charge in [-0.3, -0.25) is 0 Å². The van der Waals surface area contributed by atoms with Gasteiger partial charge in [-0.1, -0.05) is 19.3 Å². The van der Waals surface area contributed by atoms with Gasteiger partial charge in [-0.2, -0.15) is 0 Å². The van der Waals surface area contributed by atoms with Gasteiger partial charge in [-0.05, 0) is 32.1 Å². The normalized spacial score (nSPS) is 29.2. The number of rotatable bonds is 4. The average molecular weight is 296 g/mol. The monoisotopic (exact) mass is 296 g/mol. The summed E-state index contributed by atoms with van der Waals surface area (Å²) in [7, 11) is 0. The fourth-order valence-corrected chi connectivity index (χ4v) is 3.63. The Bertz CT molecular complexity index is 365. The van der Waals surface area contributed by atoms with Gasteiger partial charge in [0.15, 0.2) is 5.79 Å². The van der Waals surface area contributed by atoms with Crippen LogP contribution in [0.5, 0.6) is 0 Å². The summed E-state index contributed by atoms with van der Waals surface area (Å²) in [5.74, 6) is 0.634. The number of nitrogens with one attached hydrogen (secondary N) is 1. The molecule has 3 aliphatic rings. The summed E-state index contributed by atoms with van der Waals surface area (Å²) in [6.07, 6.45) is 7.28. The van der Waals surface area contributed by atoms with Crippen LogP contribution in [0.3, 0.4) is 0 Å². The summed E-state index contributed by atoms with van der Waals surface area (Å²) in [5, 5.41) is 3.08. The van der Waals surface area contributed by atoms with Crippen molar-refractivity contribution in [2.45, 2.75) is 51.2 Å². The molecule has 0 bridgehead atoms. The van der Waals surface area contributed by atoms with Crippen LogP contribution in [-0.2, 0) is 9.47 Å². The number of nitrogens with zero attached hydrogens (tertiary/aromatic N) is 1. The topological polar surface area (TPSA) is 50.8 Å². The lowest BCUT2D eigenvalue weighted by Crippen LogP contribution is -2.51. The molecule has 5 heteroatoms. The van der Waals surface area contributed by atoms with Crippen molar-refractivity contribution in [1.82, 2.24) is 10.2 Å². The third-order valence-electron chi connectivity index (χ3n) is 5.36. The molecule has 1 atom stereocenters. The number of carbonyl (C=O) groups is 1. The summed E-state index contributed by atoms with van der Waals surface area (Å²) >= 11 is 0. The highest BCUT2D eigenvalue weighted by Crippen LogP contribution is 2.34. The predicted octanol–water partition coefficient (Wildman–Crippen LogP) is 2.36. The van der Waals surface area contributed by atoms with Crippen LogP contribution in [0.25, 0.3) is 0 Å². The number of hydrogen-bond donors (Lipinski definition) is 1. The van der Waals surface area contributed by atoms with Crippen LogP contribution in [0.15, 0.2) is 0 Å². The number of hydrogen-bond acceptors (Lipinski definition) is 3. The van der Waals surface area contributed by atoms with Crippen molar-refractivity contribution in [3.63, 3.8) is 0 Å². The van der Waals surface area contributed by atoms with Gasteiger partial charge in [0, 0.05) is 25.6 Å². The van der Waals surface area contributed by atoms with E-state index in [1.165, 1.54) is 19.3 Å². The Kier molecular flexibility index (Phi) is 4.69. The molecule has 3 fully saturated rings. The summed E-state index contributed by atoms with van der Waals surface area (Å²) < 4.78 is 11.5. The lowest BCUT2D eigenvalue weighted by Gasteiger charge is -2.39. The smallest absolute Gasteiger partial charge is 0.317 e. The maximum absolute atomic E-state index is 12.3. The number of ether oxygens (including phenoxy) is 2. The largest absolute Gasteiger partial charge is 0.347 e. The molecule has 2 saturated heterocycles. The molecule has 5 nitrogen and oxygen atoms in total. The van der Waals surface area contributed by atoms with Gasteiger partial charge < -0.3 is 19.7 Å². The maximum atomic E-state index is 12.3. The number of carbonyl (C=O) groups excluding carboxylic acids is 1. The third-order valence-corrected chi connectivity index (χ3v) is 5.36. The molecule has 1 aliphatic carbocycles. The first kappa shape index (κ1) is 15.1. The number of amides is 2. The summed E-state index contributed by atoms with van der Waals surface area (Å²) in [6.45, 7) is 5.76. The first-order chi connectivity index (χ1) is 10.2. The molecule has 2 aliphatic heterocycles. The van der Waals surface area contributed by atoms with Crippen LogP contribution in [0.2, 0.25) is 0 Å². The van der Waals surface area contributed by atoms with E-state index < -0.39 is 5.79 Å². The lowest BCUT2D eigenvalue weighted by molar-refractivity contribution is -0.189. The van der Waals surface area contributed by atoms with Crippen LogP contribution in [-0.4, -0.2) is 49.6 Å². The van der Waals surface area contributed by atoms with Crippen molar-refractivity contribution in [2.75, 3.05) is 32.8 Å². The molecule has 0 radical (unpaired) electrons.